The van der Waals surface area contributed by atoms with Gasteiger partial charge in [-0.05, 0) is 31.0 Å². The molecule has 0 bridgehead atoms. The van der Waals surface area contributed by atoms with Crippen molar-refractivity contribution < 1.29 is 4.79 Å². The fraction of sp³-hybridized carbons (Fsp3) is 0.312. The summed E-state index contributed by atoms with van der Waals surface area (Å²) in [6, 6.07) is 4.94. The monoisotopic (exact) mass is 324 g/mol. The van der Waals surface area contributed by atoms with Crippen LogP contribution < -0.4 is 10.9 Å². The molecule has 0 saturated heterocycles. The first-order valence-corrected chi connectivity index (χ1v) is 7.92. The molecule has 0 saturated carbocycles. The Hall–Kier alpha value is -3.03. The first kappa shape index (κ1) is 14.6. The summed E-state index contributed by atoms with van der Waals surface area (Å²) in [5.41, 5.74) is 0.946. The second-order valence-electron chi connectivity index (χ2n) is 5.82. The topological polar surface area (TPSA) is 106 Å². The second kappa shape index (κ2) is 5.88. The number of nitrogens with one attached hydrogen (secondary N) is 2. The van der Waals surface area contributed by atoms with E-state index in [1.165, 1.54) is 6.33 Å². The van der Waals surface area contributed by atoms with Crippen LogP contribution in [0, 0.1) is 0 Å². The molecule has 1 aliphatic rings. The van der Waals surface area contributed by atoms with Gasteiger partial charge in [-0.1, -0.05) is 6.42 Å². The van der Waals surface area contributed by atoms with Crippen LogP contribution in [0.15, 0.2) is 29.3 Å². The summed E-state index contributed by atoms with van der Waals surface area (Å²) in [5, 5.41) is 9.40. The maximum Gasteiger partial charge on any atom is 0.261 e. The van der Waals surface area contributed by atoms with Crippen molar-refractivity contribution in [1.29, 1.82) is 0 Å². The van der Waals surface area contributed by atoms with Crippen LogP contribution in [0.2, 0.25) is 0 Å². The van der Waals surface area contributed by atoms with Crippen LogP contribution in [0.4, 0.5) is 5.95 Å². The molecule has 24 heavy (non-hydrogen) atoms. The quantitative estimate of drug-likeness (QED) is 0.743. The van der Waals surface area contributed by atoms with E-state index in [-0.39, 0.29) is 17.4 Å². The lowest BCUT2D eigenvalue weighted by Gasteiger charge is -2.10. The van der Waals surface area contributed by atoms with E-state index in [1.807, 2.05) is 0 Å². The molecule has 3 aromatic rings. The molecule has 3 heterocycles. The van der Waals surface area contributed by atoms with Gasteiger partial charge in [0.05, 0.1) is 10.9 Å². The third-order valence-corrected chi connectivity index (χ3v) is 4.23. The fourth-order valence-corrected chi connectivity index (χ4v) is 3.00. The van der Waals surface area contributed by atoms with Crippen molar-refractivity contribution in [2.45, 2.75) is 32.2 Å². The lowest BCUT2D eigenvalue weighted by atomic mass is 10.1. The summed E-state index contributed by atoms with van der Waals surface area (Å²) >= 11 is 0. The average molecular weight is 324 g/mol. The van der Waals surface area contributed by atoms with Gasteiger partial charge >= 0.3 is 0 Å². The average Bonchev–Trinajstić information content (AvgIpc) is 2.98. The Morgan fingerprint density at radius 3 is 3.00 bits per heavy atom. The smallest absolute Gasteiger partial charge is 0.261 e. The summed E-state index contributed by atoms with van der Waals surface area (Å²) < 4.78 is 1.77. The summed E-state index contributed by atoms with van der Waals surface area (Å²) in [4.78, 5) is 33.4. The van der Waals surface area contributed by atoms with Crippen molar-refractivity contribution in [2.75, 3.05) is 5.32 Å². The molecule has 0 radical (unpaired) electrons. The van der Waals surface area contributed by atoms with Crippen molar-refractivity contribution in [3.8, 4) is 0 Å². The molecule has 4 rings (SSSR count). The number of aryl methyl sites for hydroxylation is 1. The molecule has 2 aromatic heterocycles. The van der Waals surface area contributed by atoms with Crippen molar-refractivity contribution in [2.24, 2.45) is 0 Å². The SMILES string of the molecule is O=C(Nc1ncn[nH]1)c1ccc2c(=O)n3c(nc2c1)CCCCC3. The highest BCUT2D eigenvalue weighted by atomic mass is 16.2. The number of hydrogen-bond donors (Lipinski definition) is 2. The number of H-pyrrole nitrogens is 1. The van der Waals surface area contributed by atoms with Crippen LogP contribution in [0.25, 0.3) is 10.9 Å². The van der Waals surface area contributed by atoms with Crippen molar-refractivity contribution >= 4 is 22.8 Å². The number of nitrogens with zero attached hydrogens (tertiary/aromatic N) is 4. The largest absolute Gasteiger partial charge is 0.296 e. The number of benzene rings is 1. The van der Waals surface area contributed by atoms with Gasteiger partial charge in [0.15, 0.2) is 0 Å². The van der Waals surface area contributed by atoms with Gasteiger partial charge in [-0.3, -0.25) is 19.5 Å². The summed E-state index contributed by atoms with van der Waals surface area (Å²) in [5.74, 6) is 0.748. The summed E-state index contributed by atoms with van der Waals surface area (Å²) in [7, 11) is 0. The van der Waals surface area contributed by atoms with E-state index in [9.17, 15) is 9.59 Å². The van der Waals surface area contributed by atoms with E-state index in [1.54, 1.807) is 22.8 Å². The molecular formula is C16H16N6O2. The Labute approximate surface area is 136 Å². The van der Waals surface area contributed by atoms with Crippen LogP contribution in [0.1, 0.15) is 35.4 Å². The molecule has 0 unspecified atom stereocenters. The fourth-order valence-electron chi connectivity index (χ4n) is 3.00. The molecule has 1 aliphatic heterocycles. The van der Waals surface area contributed by atoms with Gasteiger partial charge in [0.2, 0.25) is 5.95 Å². The highest BCUT2D eigenvalue weighted by molar-refractivity contribution is 6.05. The zero-order chi connectivity index (χ0) is 16.5. The maximum absolute atomic E-state index is 12.7. The number of carbonyl (C=O) groups is 1. The molecule has 1 aromatic carbocycles. The lowest BCUT2D eigenvalue weighted by Crippen LogP contribution is -2.24. The van der Waals surface area contributed by atoms with Crippen molar-refractivity contribution in [3.63, 3.8) is 0 Å². The molecular weight excluding hydrogens is 308 g/mol. The van der Waals surface area contributed by atoms with Crippen LogP contribution in [0.5, 0.6) is 0 Å². The Morgan fingerprint density at radius 2 is 2.17 bits per heavy atom. The number of fused-ring (bicyclic) bond motifs is 2. The molecule has 0 spiro atoms. The van der Waals surface area contributed by atoms with Crippen LogP contribution >= 0.6 is 0 Å². The number of rotatable bonds is 2. The van der Waals surface area contributed by atoms with Crippen molar-refractivity contribution in [3.05, 3.63) is 46.3 Å². The first-order chi connectivity index (χ1) is 11.7. The van der Waals surface area contributed by atoms with E-state index < -0.39 is 0 Å². The second-order valence-corrected chi connectivity index (χ2v) is 5.82. The molecule has 1 amide bonds. The first-order valence-electron chi connectivity index (χ1n) is 7.92. The number of carbonyl (C=O) groups excluding carboxylic acids is 1. The molecule has 2 N–H and O–H groups in total. The Bertz CT molecular complexity index is 961. The van der Waals surface area contributed by atoms with E-state index in [0.29, 0.717) is 23.0 Å². The molecule has 0 fully saturated rings. The number of amides is 1. The number of aromatic amines is 1. The predicted octanol–water partition coefficient (Wildman–Crippen LogP) is 1.49. The highest BCUT2D eigenvalue weighted by Gasteiger charge is 2.15. The van der Waals surface area contributed by atoms with Crippen molar-refractivity contribution in [1.82, 2.24) is 24.7 Å². The van der Waals surface area contributed by atoms with Gasteiger partial charge in [0.25, 0.3) is 11.5 Å². The minimum atomic E-state index is -0.328. The number of anilines is 1. The number of hydrogen-bond acceptors (Lipinski definition) is 5. The van der Waals surface area contributed by atoms with Gasteiger partial charge in [-0.25, -0.2) is 10.1 Å². The Kier molecular flexibility index (Phi) is 3.56. The number of aromatic nitrogens is 5. The maximum atomic E-state index is 12.7. The normalized spacial score (nSPS) is 14.2. The van der Waals surface area contributed by atoms with Crippen LogP contribution in [-0.4, -0.2) is 30.6 Å². The minimum Gasteiger partial charge on any atom is -0.296 e. The van der Waals surface area contributed by atoms with E-state index in [4.69, 9.17) is 0 Å². The molecule has 0 aliphatic carbocycles. The van der Waals surface area contributed by atoms with Gasteiger partial charge in [-0.2, -0.15) is 10.1 Å². The Morgan fingerprint density at radius 1 is 1.25 bits per heavy atom. The predicted molar refractivity (Wildman–Crippen MR) is 87.9 cm³/mol. The van der Waals surface area contributed by atoms with E-state index >= 15 is 0 Å². The minimum absolute atomic E-state index is 0.0286. The molecule has 8 nitrogen and oxygen atoms in total. The molecule has 0 atom stereocenters. The third-order valence-electron chi connectivity index (χ3n) is 4.23. The van der Waals surface area contributed by atoms with E-state index in [2.05, 4.69) is 25.5 Å². The lowest BCUT2D eigenvalue weighted by molar-refractivity contribution is 0.102. The molecule has 8 heteroatoms. The van der Waals surface area contributed by atoms with Crippen LogP contribution in [0.3, 0.4) is 0 Å². The van der Waals surface area contributed by atoms with E-state index in [0.717, 1.165) is 31.5 Å². The summed E-state index contributed by atoms with van der Waals surface area (Å²) in [6.45, 7) is 0.713. The summed E-state index contributed by atoms with van der Waals surface area (Å²) in [6.07, 6.45) is 5.23. The Balaban J connectivity index is 1.75. The molecule has 122 valence electrons. The van der Waals surface area contributed by atoms with Gasteiger partial charge in [-0.15, -0.1) is 0 Å². The highest BCUT2D eigenvalue weighted by Crippen LogP contribution is 2.16. The zero-order valence-corrected chi connectivity index (χ0v) is 13.0. The van der Waals surface area contributed by atoms with Crippen LogP contribution in [-0.2, 0) is 13.0 Å². The standard InChI is InChI=1S/C16H16N6O2/c23-14(20-16-17-9-18-21-16)10-5-6-11-12(8-10)19-13-4-2-1-3-7-22(13)15(11)24/h5-6,8-9H,1-4,7H2,(H2,17,18,20,21,23). The third kappa shape index (κ3) is 2.55. The van der Waals surface area contributed by atoms with Gasteiger partial charge < -0.3 is 0 Å². The zero-order valence-electron chi connectivity index (χ0n) is 13.0. The van der Waals surface area contributed by atoms with Gasteiger partial charge in [0, 0.05) is 18.5 Å². The van der Waals surface area contributed by atoms with Gasteiger partial charge in [0.1, 0.15) is 12.2 Å².